The van der Waals surface area contributed by atoms with E-state index in [0.29, 0.717) is 38.9 Å². The summed E-state index contributed by atoms with van der Waals surface area (Å²) in [6, 6.07) is 8.66. The van der Waals surface area contributed by atoms with Crippen LogP contribution >= 0.6 is 0 Å². The van der Waals surface area contributed by atoms with Crippen molar-refractivity contribution in [1.29, 1.82) is 0 Å². The van der Waals surface area contributed by atoms with Gasteiger partial charge in [-0.25, -0.2) is 4.79 Å². The quantitative estimate of drug-likeness (QED) is 0.515. The number of piperidine rings is 1. The Morgan fingerprint density at radius 1 is 1.13 bits per heavy atom. The number of likely N-dealkylation sites (tertiary alicyclic amines) is 1. The van der Waals surface area contributed by atoms with Gasteiger partial charge < -0.3 is 15.0 Å². The number of hydrogen-bond donors (Lipinski definition) is 1. The van der Waals surface area contributed by atoms with Crippen molar-refractivity contribution in [3.8, 4) is 0 Å². The molecular weight excluding hydrogens is 386 g/mol. The predicted octanol–water partition coefficient (Wildman–Crippen LogP) is 1.73. The summed E-state index contributed by atoms with van der Waals surface area (Å²) in [5.74, 6) is -0.251. The standard InChI is InChI=1S/C22H29N3O5/c1-30-20(27)15-17-9-12-24(13-10-17)19(26)8-7-18-21(28)25(22(29)23-18)14-11-16-5-3-2-4-6-16/h2-6,17-18H,7-15H2,1H3,(H,23,29)/t18-/m1/s1. The maximum Gasteiger partial charge on any atom is 0.324 e. The third-order valence-electron chi connectivity index (χ3n) is 5.87. The summed E-state index contributed by atoms with van der Waals surface area (Å²) < 4.78 is 4.70. The minimum absolute atomic E-state index is 0.0173. The van der Waals surface area contributed by atoms with Crippen LogP contribution in [-0.2, 0) is 25.5 Å². The Morgan fingerprint density at radius 3 is 2.50 bits per heavy atom. The second-order valence-corrected chi connectivity index (χ2v) is 7.87. The molecule has 30 heavy (non-hydrogen) atoms. The minimum Gasteiger partial charge on any atom is -0.469 e. The van der Waals surface area contributed by atoms with Gasteiger partial charge >= 0.3 is 12.0 Å². The summed E-state index contributed by atoms with van der Waals surface area (Å²) in [5.41, 5.74) is 1.06. The fourth-order valence-electron chi connectivity index (χ4n) is 4.00. The first-order valence-electron chi connectivity index (χ1n) is 10.5. The number of hydrogen-bond acceptors (Lipinski definition) is 5. The molecule has 8 heteroatoms. The van der Waals surface area contributed by atoms with Gasteiger partial charge in [0.25, 0.3) is 5.91 Å². The molecular formula is C22H29N3O5. The van der Waals surface area contributed by atoms with Gasteiger partial charge in [0.1, 0.15) is 6.04 Å². The summed E-state index contributed by atoms with van der Waals surface area (Å²) in [4.78, 5) is 51.7. The Bertz CT molecular complexity index is 774. The fraction of sp³-hybridized carbons (Fsp3) is 0.545. The van der Waals surface area contributed by atoms with Gasteiger partial charge in [-0.1, -0.05) is 30.3 Å². The predicted molar refractivity (Wildman–Crippen MR) is 109 cm³/mol. The highest BCUT2D eigenvalue weighted by Gasteiger charge is 2.38. The van der Waals surface area contributed by atoms with E-state index in [1.807, 2.05) is 30.3 Å². The number of amides is 4. The zero-order chi connectivity index (χ0) is 21.5. The highest BCUT2D eigenvalue weighted by Crippen LogP contribution is 2.22. The lowest BCUT2D eigenvalue weighted by molar-refractivity contribution is -0.142. The summed E-state index contributed by atoms with van der Waals surface area (Å²) in [7, 11) is 1.38. The molecule has 3 rings (SSSR count). The summed E-state index contributed by atoms with van der Waals surface area (Å²) in [6.07, 6.45) is 3.05. The van der Waals surface area contributed by atoms with Gasteiger partial charge in [-0.3, -0.25) is 19.3 Å². The molecule has 1 aromatic rings. The van der Waals surface area contributed by atoms with Crippen LogP contribution < -0.4 is 5.32 Å². The molecule has 2 fully saturated rings. The number of imide groups is 1. The molecule has 0 spiro atoms. The normalized spacial score (nSPS) is 19.7. The molecule has 1 N–H and O–H groups in total. The molecule has 1 atom stereocenters. The summed E-state index contributed by atoms with van der Waals surface area (Å²) >= 11 is 0. The van der Waals surface area contributed by atoms with E-state index in [9.17, 15) is 19.2 Å². The number of carbonyl (C=O) groups is 4. The largest absolute Gasteiger partial charge is 0.469 e. The summed E-state index contributed by atoms with van der Waals surface area (Å²) in [6.45, 7) is 1.54. The number of carbonyl (C=O) groups excluding carboxylic acids is 4. The molecule has 2 heterocycles. The van der Waals surface area contributed by atoms with Gasteiger partial charge in [-0.2, -0.15) is 0 Å². The van der Waals surface area contributed by atoms with Crippen LogP contribution in [0.15, 0.2) is 30.3 Å². The second kappa shape index (κ2) is 10.2. The van der Waals surface area contributed by atoms with Crippen LogP contribution in [0.1, 0.15) is 37.7 Å². The molecule has 8 nitrogen and oxygen atoms in total. The first-order valence-corrected chi connectivity index (χ1v) is 10.5. The van der Waals surface area contributed by atoms with Crippen LogP contribution in [0, 0.1) is 5.92 Å². The molecule has 4 amide bonds. The lowest BCUT2D eigenvalue weighted by Gasteiger charge is -2.31. The first-order chi connectivity index (χ1) is 14.5. The van der Waals surface area contributed by atoms with Gasteiger partial charge in [0, 0.05) is 32.5 Å². The van der Waals surface area contributed by atoms with Crippen LogP contribution in [0.3, 0.4) is 0 Å². The van der Waals surface area contributed by atoms with E-state index in [-0.39, 0.29) is 30.1 Å². The zero-order valence-corrected chi connectivity index (χ0v) is 17.3. The maximum atomic E-state index is 12.6. The number of methoxy groups -OCH3 is 1. The molecule has 0 unspecified atom stereocenters. The zero-order valence-electron chi connectivity index (χ0n) is 17.3. The third kappa shape index (κ3) is 5.58. The van der Waals surface area contributed by atoms with Crippen molar-refractivity contribution in [3.63, 3.8) is 0 Å². The van der Waals surface area contributed by atoms with Gasteiger partial charge in [0.15, 0.2) is 0 Å². The molecule has 162 valence electrons. The molecule has 2 aliphatic rings. The SMILES string of the molecule is COC(=O)CC1CCN(C(=O)CC[C@H]2NC(=O)N(CCc3ccccc3)C2=O)CC1. The van der Waals surface area contributed by atoms with Gasteiger partial charge in [-0.05, 0) is 37.2 Å². The van der Waals surface area contributed by atoms with Crippen molar-refractivity contribution >= 4 is 23.8 Å². The molecule has 0 aliphatic carbocycles. The molecule has 0 radical (unpaired) electrons. The molecule has 1 aromatic carbocycles. The van der Waals surface area contributed by atoms with E-state index >= 15 is 0 Å². The second-order valence-electron chi connectivity index (χ2n) is 7.87. The fourth-order valence-corrected chi connectivity index (χ4v) is 4.00. The van der Waals surface area contributed by atoms with E-state index in [0.717, 1.165) is 18.4 Å². The van der Waals surface area contributed by atoms with Crippen LogP contribution in [0.25, 0.3) is 0 Å². The minimum atomic E-state index is -0.644. The van der Waals surface area contributed by atoms with Crippen molar-refractivity contribution in [2.45, 2.75) is 44.6 Å². The van der Waals surface area contributed by atoms with Gasteiger partial charge in [0.05, 0.1) is 7.11 Å². The molecule has 2 aliphatic heterocycles. The summed E-state index contributed by atoms with van der Waals surface area (Å²) in [5, 5.41) is 2.70. The Balaban J connectivity index is 1.41. The topological polar surface area (TPSA) is 96.0 Å². The first kappa shape index (κ1) is 21.8. The third-order valence-corrected chi connectivity index (χ3v) is 5.87. The van der Waals surface area contributed by atoms with Crippen LogP contribution in [0.5, 0.6) is 0 Å². The Morgan fingerprint density at radius 2 is 1.83 bits per heavy atom. The monoisotopic (exact) mass is 415 g/mol. The van der Waals surface area contributed by atoms with E-state index in [1.54, 1.807) is 4.90 Å². The number of rotatable bonds is 8. The van der Waals surface area contributed by atoms with Crippen LogP contribution in [-0.4, -0.2) is 66.4 Å². The van der Waals surface area contributed by atoms with Crippen molar-refractivity contribution in [3.05, 3.63) is 35.9 Å². The van der Waals surface area contributed by atoms with Crippen molar-refractivity contribution < 1.29 is 23.9 Å². The number of nitrogens with zero attached hydrogens (tertiary/aromatic N) is 2. The van der Waals surface area contributed by atoms with E-state index < -0.39 is 12.1 Å². The number of urea groups is 1. The van der Waals surface area contributed by atoms with Crippen LogP contribution in [0.4, 0.5) is 4.79 Å². The average Bonchev–Trinajstić information content (AvgIpc) is 3.04. The number of nitrogens with one attached hydrogen (secondary N) is 1. The van der Waals surface area contributed by atoms with E-state index in [1.165, 1.54) is 12.0 Å². The lowest BCUT2D eigenvalue weighted by atomic mass is 9.93. The van der Waals surface area contributed by atoms with Gasteiger partial charge in [0.2, 0.25) is 5.91 Å². The molecule has 0 saturated carbocycles. The average molecular weight is 415 g/mol. The van der Waals surface area contributed by atoms with E-state index in [4.69, 9.17) is 4.74 Å². The lowest BCUT2D eigenvalue weighted by Crippen LogP contribution is -2.40. The van der Waals surface area contributed by atoms with Crippen molar-refractivity contribution in [1.82, 2.24) is 15.1 Å². The Labute approximate surface area is 176 Å². The van der Waals surface area contributed by atoms with E-state index in [2.05, 4.69) is 5.32 Å². The molecule has 2 saturated heterocycles. The Hall–Kier alpha value is -2.90. The van der Waals surface area contributed by atoms with Crippen molar-refractivity contribution in [2.75, 3.05) is 26.7 Å². The number of benzene rings is 1. The molecule has 0 bridgehead atoms. The molecule has 0 aromatic heterocycles. The van der Waals surface area contributed by atoms with Crippen molar-refractivity contribution in [2.24, 2.45) is 5.92 Å². The smallest absolute Gasteiger partial charge is 0.324 e. The van der Waals surface area contributed by atoms with Gasteiger partial charge in [-0.15, -0.1) is 0 Å². The number of ether oxygens (including phenoxy) is 1. The van der Waals surface area contributed by atoms with Crippen LogP contribution in [0.2, 0.25) is 0 Å². The highest BCUT2D eigenvalue weighted by atomic mass is 16.5. The Kier molecular flexibility index (Phi) is 7.43. The maximum absolute atomic E-state index is 12.6. The highest BCUT2D eigenvalue weighted by molar-refractivity contribution is 6.04. The number of esters is 1.